The van der Waals surface area contributed by atoms with Crippen LogP contribution in [0.15, 0.2) is 0 Å². The highest BCUT2D eigenvalue weighted by Crippen LogP contribution is 1.89. The fraction of sp³-hybridized carbons (Fsp3) is 0.889. The van der Waals surface area contributed by atoms with Gasteiger partial charge < -0.3 is 15.0 Å². The van der Waals surface area contributed by atoms with Crippen LogP contribution in [0, 0.1) is 0 Å². The van der Waals surface area contributed by atoms with E-state index in [1.54, 1.807) is 11.9 Å². The Morgan fingerprint density at radius 3 is 2.62 bits per heavy atom. The van der Waals surface area contributed by atoms with Gasteiger partial charge in [0.2, 0.25) is 0 Å². The van der Waals surface area contributed by atoms with E-state index in [9.17, 15) is 4.79 Å². The second-order valence-electron chi connectivity index (χ2n) is 2.97. The maximum Gasteiger partial charge on any atom is 0.317 e. The van der Waals surface area contributed by atoms with Crippen molar-refractivity contribution in [2.75, 3.05) is 26.7 Å². The van der Waals surface area contributed by atoms with E-state index in [0.717, 1.165) is 6.54 Å². The summed E-state index contributed by atoms with van der Waals surface area (Å²) >= 11 is 0. The Hall–Kier alpha value is -0.770. The number of carbonyl (C=O) groups excluding carboxylic acids is 1. The summed E-state index contributed by atoms with van der Waals surface area (Å²) in [4.78, 5) is 12.9. The van der Waals surface area contributed by atoms with E-state index in [2.05, 4.69) is 5.32 Å². The maximum atomic E-state index is 11.2. The smallest absolute Gasteiger partial charge is 0.317 e. The molecule has 78 valence electrons. The first-order chi connectivity index (χ1) is 6.11. The molecule has 4 nitrogen and oxygen atoms in total. The van der Waals surface area contributed by atoms with Crippen molar-refractivity contribution in [1.29, 1.82) is 0 Å². The first-order valence-corrected chi connectivity index (χ1v) is 4.72. The zero-order chi connectivity index (χ0) is 10.3. The van der Waals surface area contributed by atoms with Crippen molar-refractivity contribution in [3.8, 4) is 0 Å². The third-order valence-corrected chi connectivity index (χ3v) is 1.81. The Morgan fingerprint density at radius 1 is 1.54 bits per heavy atom. The maximum absolute atomic E-state index is 11.2. The van der Waals surface area contributed by atoms with Gasteiger partial charge >= 0.3 is 6.03 Å². The topological polar surface area (TPSA) is 41.6 Å². The van der Waals surface area contributed by atoms with Crippen LogP contribution in [-0.2, 0) is 4.74 Å². The minimum atomic E-state index is -0.0472. The summed E-state index contributed by atoms with van der Waals surface area (Å²) in [5, 5.41) is 2.78. The van der Waals surface area contributed by atoms with Crippen molar-refractivity contribution in [1.82, 2.24) is 10.2 Å². The van der Waals surface area contributed by atoms with Crippen LogP contribution in [0.1, 0.15) is 20.8 Å². The molecule has 13 heavy (non-hydrogen) atoms. The fourth-order valence-corrected chi connectivity index (χ4v) is 0.853. The van der Waals surface area contributed by atoms with Crippen LogP contribution in [0.4, 0.5) is 4.79 Å². The Bertz CT molecular complexity index is 151. The third kappa shape index (κ3) is 5.47. The molecular formula is C9H20N2O2. The Balaban J connectivity index is 3.57. The van der Waals surface area contributed by atoms with Crippen LogP contribution in [0.2, 0.25) is 0 Å². The van der Waals surface area contributed by atoms with E-state index < -0.39 is 0 Å². The second-order valence-corrected chi connectivity index (χ2v) is 2.97. The molecule has 0 saturated heterocycles. The predicted molar refractivity (Wildman–Crippen MR) is 52.8 cm³/mol. The first-order valence-electron chi connectivity index (χ1n) is 4.72. The average Bonchev–Trinajstić information content (AvgIpc) is 2.13. The van der Waals surface area contributed by atoms with Crippen LogP contribution in [0.5, 0.6) is 0 Å². The van der Waals surface area contributed by atoms with Gasteiger partial charge in [0.25, 0.3) is 0 Å². The molecule has 4 heteroatoms. The number of nitrogens with zero attached hydrogens (tertiary/aromatic N) is 1. The van der Waals surface area contributed by atoms with Crippen molar-refractivity contribution in [2.45, 2.75) is 26.9 Å². The zero-order valence-corrected chi connectivity index (χ0v) is 8.96. The number of amides is 2. The molecule has 0 bridgehead atoms. The lowest BCUT2D eigenvalue weighted by Crippen LogP contribution is -2.40. The molecule has 0 saturated carbocycles. The Labute approximate surface area is 80.2 Å². The lowest BCUT2D eigenvalue weighted by atomic mass is 10.4. The molecule has 0 fully saturated rings. The SMILES string of the molecule is CCOC(C)CNC(=O)N(C)CC. The van der Waals surface area contributed by atoms with Crippen LogP contribution < -0.4 is 5.32 Å². The van der Waals surface area contributed by atoms with Gasteiger partial charge in [-0.25, -0.2) is 4.79 Å². The minimum Gasteiger partial charge on any atom is -0.377 e. The number of rotatable bonds is 5. The van der Waals surface area contributed by atoms with Crippen LogP contribution in [0.25, 0.3) is 0 Å². The molecule has 0 aromatic heterocycles. The molecule has 0 aliphatic rings. The number of carbonyl (C=O) groups is 1. The number of hydrogen-bond acceptors (Lipinski definition) is 2. The summed E-state index contributed by atoms with van der Waals surface area (Å²) < 4.78 is 5.27. The molecule has 0 aromatic rings. The molecule has 0 aliphatic carbocycles. The minimum absolute atomic E-state index is 0.0472. The molecule has 0 heterocycles. The molecule has 1 atom stereocenters. The molecular weight excluding hydrogens is 168 g/mol. The van der Waals surface area contributed by atoms with Crippen LogP contribution in [0.3, 0.4) is 0 Å². The average molecular weight is 188 g/mol. The van der Waals surface area contributed by atoms with Crippen molar-refractivity contribution in [2.24, 2.45) is 0 Å². The summed E-state index contributed by atoms with van der Waals surface area (Å²) in [5.41, 5.74) is 0. The van der Waals surface area contributed by atoms with Crippen LogP contribution in [-0.4, -0.2) is 43.8 Å². The number of hydrogen-bond donors (Lipinski definition) is 1. The van der Waals surface area contributed by atoms with Gasteiger partial charge in [-0.2, -0.15) is 0 Å². The second kappa shape index (κ2) is 6.71. The summed E-state index contributed by atoms with van der Waals surface area (Å²) in [6, 6.07) is -0.0472. The fourth-order valence-electron chi connectivity index (χ4n) is 0.853. The molecule has 0 rings (SSSR count). The lowest BCUT2D eigenvalue weighted by Gasteiger charge is -2.18. The molecule has 0 aliphatic heterocycles. The van der Waals surface area contributed by atoms with E-state index in [0.29, 0.717) is 13.2 Å². The summed E-state index contributed by atoms with van der Waals surface area (Å²) in [6.07, 6.45) is 0.0826. The summed E-state index contributed by atoms with van der Waals surface area (Å²) in [7, 11) is 1.76. The van der Waals surface area contributed by atoms with Crippen molar-refractivity contribution < 1.29 is 9.53 Å². The molecule has 0 radical (unpaired) electrons. The van der Waals surface area contributed by atoms with Crippen molar-refractivity contribution in [3.05, 3.63) is 0 Å². The zero-order valence-electron chi connectivity index (χ0n) is 8.96. The van der Waals surface area contributed by atoms with Gasteiger partial charge in [0.1, 0.15) is 0 Å². The Morgan fingerprint density at radius 2 is 2.15 bits per heavy atom. The van der Waals surface area contributed by atoms with Crippen molar-refractivity contribution >= 4 is 6.03 Å². The van der Waals surface area contributed by atoms with Gasteiger partial charge in [-0.15, -0.1) is 0 Å². The number of urea groups is 1. The quantitative estimate of drug-likeness (QED) is 0.701. The van der Waals surface area contributed by atoms with E-state index in [4.69, 9.17) is 4.74 Å². The van der Waals surface area contributed by atoms with Gasteiger partial charge in [-0.05, 0) is 20.8 Å². The summed E-state index contributed by atoms with van der Waals surface area (Å²) in [5.74, 6) is 0. The highest BCUT2D eigenvalue weighted by molar-refractivity contribution is 5.73. The lowest BCUT2D eigenvalue weighted by molar-refractivity contribution is 0.0765. The van der Waals surface area contributed by atoms with Crippen LogP contribution >= 0.6 is 0 Å². The third-order valence-electron chi connectivity index (χ3n) is 1.81. The predicted octanol–water partition coefficient (Wildman–Crippen LogP) is 1.07. The van der Waals surface area contributed by atoms with E-state index in [-0.39, 0.29) is 12.1 Å². The standard InChI is InChI=1S/C9H20N2O2/c1-5-11(4)9(12)10-7-8(3)13-6-2/h8H,5-7H2,1-4H3,(H,10,12). The van der Waals surface area contributed by atoms with E-state index >= 15 is 0 Å². The normalized spacial score (nSPS) is 12.3. The Kier molecular flexibility index (Phi) is 6.32. The summed E-state index contributed by atoms with van der Waals surface area (Å²) in [6.45, 7) is 7.78. The monoisotopic (exact) mass is 188 g/mol. The molecule has 0 aromatic carbocycles. The molecule has 2 amide bonds. The number of nitrogens with one attached hydrogen (secondary N) is 1. The van der Waals surface area contributed by atoms with Gasteiger partial charge in [0, 0.05) is 26.7 Å². The highest BCUT2D eigenvalue weighted by Gasteiger charge is 2.07. The van der Waals surface area contributed by atoms with Gasteiger partial charge in [-0.3, -0.25) is 0 Å². The van der Waals surface area contributed by atoms with Gasteiger partial charge in [0.15, 0.2) is 0 Å². The largest absolute Gasteiger partial charge is 0.377 e. The molecule has 0 spiro atoms. The molecule has 1 N–H and O–H groups in total. The van der Waals surface area contributed by atoms with E-state index in [1.165, 1.54) is 0 Å². The van der Waals surface area contributed by atoms with Gasteiger partial charge in [-0.1, -0.05) is 0 Å². The van der Waals surface area contributed by atoms with E-state index in [1.807, 2.05) is 20.8 Å². The first kappa shape index (κ1) is 12.2. The molecule has 1 unspecified atom stereocenters. The van der Waals surface area contributed by atoms with Gasteiger partial charge in [0.05, 0.1) is 6.10 Å². The highest BCUT2D eigenvalue weighted by atomic mass is 16.5. The number of ether oxygens (including phenoxy) is 1. The van der Waals surface area contributed by atoms with Crippen molar-refractivity contribution in [3.63, 3.8) is 0 Å².